The number of nitrogens with zero attached hydrogens (tertiary/aromatic N) is 3. The molecule has 4 rings (SSSR count). The lowest BCUT2D eigenvalue weighted by Gasteiger charge is -2.31. The Hall–Kier alpha value is -3.79. The summed E-state index contributed by atoms with van der Waals surface area (Å²) in [4.78, 5) is 39.7. The van der Waals surface area contributed by atoms with Crippen molar-refractivity contribution in [1.82, 2.24) is 20.4 Å². The second kappa shape index (κ2) is 10.9. The average Bonchev–Trinajstić information content (AvgIpc) is 3.38. The van der Waals surface area contributed by atoms with Gasteiger partial charge in [-0.2, -0.15) is 0 Å². The molecule has 0 saturated carbocycles. The Kier molecular flexibility index (Phi) is 7.48. The van der Waals surface area contributed by atoms with Crippen molar-refractivity contribution in [2.24, 2.45) is 5.92 Å². The molecular weight excluding hydrogens is 454 g/mol. The normalized spacial score (nSPS) is 15.4. The lowest BCUT2D eigenvalue weighted by Crippen LogP contribution is -2.45. The third-order valence-electron chi connectivity index (χ3n) is 5.54. The van der Waals surface area contributed by atoms with Gasteiger partial charge >= 0.3 is 0 Å². The maximum absolute atomic E-state index is 13.0. The summed E-state index contributed by atoms with van der Waals surface area (Å²) in [5.74, 6) is -0.444. The average molecular weight is 480 g/mol. The van der Waals surface area contributed by atoms with Crippen LogP contribution in [0, 0.1) is 5.92 Å². The SMILES string of the molecule is COc1ccc(NC(=O)c2nnc(C(=O)N3CCC[C@H](C(=O)NCc4ccccc4)C3)s2)cc1. The number of hydrogen-bond donors (Lipinski definition) is 2. The monoisotopic (exact) mass is 479 g/mol. The second-order valence-corrected chi connectivity index (χ2v) is 8.87. The molecule has 1 aromatic heterocycles. The van der Waals surface area contributed by atoms with Gasteiger partial charge in [-0.15, -0.1) is 10.2 Å². The number of anilines is 1. The van der Waals surface area contributed by atoms with Crippen molar-refractivity contribution in [2.45, 2.75) is 19.4 Å². The lowest BCUT2D eigenvalue weighted by atomic mass is 9.97. The van der Waals surface area contributed by atoms with E-state index >= 15 is 0 Å². The molecule has 2 N–H and O–H groups in total. The number of rotatable bonds is 7. The fourth-order valence-electron chi connectivity index (χ4n) is 3.70. The maximum Gasteiger partial charge on any atom is 0.286 e. The van der Waals surface area contributed by atoms with Crippen LogP contribution in [0.4, 0.5) is 5.69 Å². The van der Waals surface area contributed by atoms with Crippen LogP contribution in [0.1, 0.15) is 38.0 Å². The van der Waals surface area contributed by atoms with Crippen LogP contribution < -0.4 is 15.4 Å². The van der Waals surface area contributed by atoms with Crippen LogP contribution in [0.15, 0.2) is 54.6 Å². The van der Waals surface area contributed by atoms with E-state index < -0.39 is 5.91 Å². The van der Waals surface area contributed by atoms with Gasteiger partial charge in [0.25, 0.3) is 11.8 Å². The van der Waals surface area contributed by atoms with Gasteiger partial charge in [0.2, 0.25) is 15.9 Å². The van der Waals surface area contributed by atoms with E-state index in [1.54, 1.807) is 36.3 Å². The highest BCUT2D eigenvalue weighted by molar-refractivity contribution is 7.15. The van der Waals surface area contributed by atoms with Gasteiger partial charge in [-0.25, -0.2) is 0 Å². The third kappa shape index (κ3) is 5.76. The minimum Gasteiger partial charge on any atom is -0.497 e. The molecule has 1 saturated heterocycles. The number of ether oxygens (including phenoxy) is 1. The van der Waals surface area contributed by atoms with Crippen LogP contribution >= 0.6 is 11.3 Å². The molecule has 0 unspecified atom stereocenters. The molecule has 1 aliphatic heterocycles. The number of hydrogen-bond acceptors (Lipinski definition) is 7. The topological polar surface area (TPSA) is 114 Å². The number of piperidine rings is 1. The Bertz CT molecular complexity index is 1150. The van der Waals surface area contributed by atoms with Gasteiger partial charge in [0.1, 0.15) is 5.75 Å². The van der Waals surface area contributed by atoms with Crippen molar-refractivity contribution in [3.63, 3.8) is 0 Å². The summed E-state index contributed by atoms with van der Waals surface area (Å²) in [7, 11) is 1.56. The summed E-state index contributed by atoms with van der Waals surface area (Å²) < 4.78 is 5.10. The van der Waals surface area contributed by atoms with Crippen molar-refractivity contribution in [3.8, 4) is 5.75 Å². The molecule has 0 bridgehead atoms. The zero-order valence-electron chi connectivity index (χ0n) is 18.7. The van der Waals surface area contributed by atoms with Crippen molar-refractivity contribution in [1.29, 1.82) is 0 Å². The van der Waals surface area contributed by atoms with Crippen LogP contribution in [0.2, 0.25) is 0 Å². The second-order valence-electron chi connectivity index (χ2n) is 7.89. The highest BCUT2D eigenvalue weighted by Crippen LogP contribution is 2.22. The number of carbonyl (C=O) groups excluding carboxylic acids is 3. The first-order chi connectivity index (χ1) is 16.5. The first kappa shape index (κ1) is 23.4. The van der Waals surface area contributed by atoms with Gasteiger partial charge in [-0.3, -0.25) is 14.4 Å². The van der Waals surface area contributed by atoms with Crippen molar-refractivity contribution >= 4 is 34.7 Å². The Morgan fingerprint density at radius 3 is 2.53 bits per heavy atom. The predicted molar refractivity (Wildman–Crippen MR) is 128 cm³/mol. The molecule has 2 heterocycles. The quantitative estimate of drug-likeness (QED) is 0.539. The fraction of sp³-hybridized carbons (Fsp3) is 0.292. The zero-order valence-corrected chi connectivity index (χ0v) is 19.5. The first-order valence-electron chi connectivity index (χ1n) is 10.9. The number of amides is 3. The summed E-state index contributed by atoms with van der Waals surface area (Å²) in [6.07, 6.45) is 1.44. The number of benzene rings is 2. The van der Waals surface area contributed by atoms with Crippen molar-refractivity contribution < 1.29 is 19.1 Å². The Morgan fingerprint density at radius 1 is 1.06 bits per heavy atom. The van der Waals surface area contributed by atoms with E-state index in [9.17, 15) is 14.4 Å². The molecule has 0 aliphatic carbocycles. The summed E-state index contributed by atoms with van der Waals surface area (Å²) >= 11 is 0.936. The lowest BCUT2D eigenvalue weighted by molar-refractivity contribution is -0.126. The first-order valence-corrected chi connectivity index (χ1v) is 11.7. The Morgan fingerprint density at radius 2 is 1.79 bits per heavy atom. The van der Waals surface area contributed by atoms with Gasteiger partial charge < -0.3 is 20.3 Å². The molecule has 10 heteroatoms. The summed E-state index contributed by atoms with van der Waals surface area (Å²) in [6.45, 7) is 1.30. The van der Waals surface area contributed by atoms with Gasteiger partial charge in [0.05, 0.1) is 13.0 Å². The third-order valence-corrected chi connectivity index (χ3v) is 6.45. The number of aromatic nitrogens is 2. The number of methoxy groups -OCH3 is 1. The Labute approximate surface area is 201 Å². The molecule has 34 heavy (non-hydrogen) atoms. The van der Waals surface area contributed by atoms with Crippen LogP contribution in [0.25, 0.3) is 0 Å². The molecule has 3 amide bonds. The van der Waals surface area contributed by atoms with Crippen LogP contribution in [0.3, 0.4) is 0 Å². The van der Waals surface area contributed by atoms with Crippen molar-refractivity contribution in [2.75, 3.05) is 25.5 Å². The van der Waals surface area contributed by atoms with Gasteiger partial charge in [-0.1, -0.05) is 41.7 Å². The molecule has 2 aromatic carbocycles. The van der Waals surface area contributed by atoms with Gasteiger partial charge in [0.15, 0.2) is 0 Å². The van der Waals surface area contributed by atoms with E-state index in [1.165, 1.54) is 0 Å². The highest BCUT2D eigenvalue weighted by atomic mass is 32.1. The molecule has 176 valence electrons. The molecule has 0 spiro atoms. The minimum atomic E-state index is -0.446. The Balaban J connectivity index is 1.33. The van der Waals surface area contributed by atoms with E-state index in [0.29, 0.717) is 31.1 Å². The van der Waals surface area contributed by atoms with E-state index in [-0.39, 0.29) is 27.7 Å². The molecule has 1 fully saturated rings. The summed E-state index contributed by atoms with van der Waals surface area (Å²) in [5.41, 5.74) is 1.60. The fourth-order valence-corrected chi connectivity index (χ4v) is 4.41. The summed E-state index contributed by atoms with van der Waals surface area (Å²) in [6, 6.07) is 16.6. The van der Waals surface area contributed by atoms with Crippen LogP contribution in [-0.4, -0.2) is 53.0 Å². The molecular formula is C24H25N5O4S. The largest absolute Gasteiger partial charge is 0.497 e. The smallest absolute Gasteiger partial charge is 0.286 e. The van der Waals surface area contributed by atoms with E-state index in [4.69, 9.17) is 4.74 Å². The molecule has 1 aliphatic rings. The number of carbonyl (C=O) groups is 3. The van der Waals surface area contributed by atoms with Crippen LogP contribution in [0.5, 0.6) is 5.75 Å². The van der Waals surface area contributed by atoms with E-state index in [0.717, 1.165) is 29.7 Å². The van der Waals surface area contributed by atoms with Gasteiger partial charge in [-0.05, 0) is 42.7 Å². The van der Waals surface area contributed by atoms with Gasteiger partial charge in [0, 0.05) is 25.3 Å². The molecule has 3 aromatic rings. The summed E-state index contributed by atoms with van der Waals surface area (Å²) in [5, 5.41) is 13.7. The van der Waals surface area contributed by atoms with Crippen LogP contribution in [-0.2, 0) is 11.3 Å². The van der Waals surface area contributed by atoms with E-state index in [2.05, 4.69) is 20.8 Å². The predicted octanol–water partition coefficient (Wildman–Crippen LogP) is 2.97. The number of nitrogens with one attached hydrogen (secondary N) is 2. The maximum atomic E-state index is 13.0. The van der Waals surface area contributed by atoms with Crippen molar-refractivity contribution in [3.05, 3.63) is 70.2 Å². The minimum absolute atomic E-state index is 0.0711. The number of likely N-dealkylation sites (tertiary alicyclic amines) is 1. The highest BCUT2D eigenvalue weighted by Gasteiger charge is 2.30. The molecule has 0 radical (unpaired) electrons. The molecule has 1 atom stereocenters. The molecule has 9 nitrogen and oxygen atoms in total. The standard InChI is InChI=1S/C24H25N5O4S/c1-33-19-11-9-18(10-12-19)26-21(31)22-27-28-23(34-22)24(32)29-13-5-8-17(15-29)20(30)25-14-16-6-3-2-4-7-16/h2-4,6-7,9-12,17H,5,8,13-15H2,1H3,(H,25,30)(H,26,31)/t17-/m0/s1. The zero-order chi connectivity index (χ0) is 23.9. The van der Waals surface area contributed by atoms with E-state index in [1.807, 2.05) is 30.3 Å².